The molecule has 0 bridgehead atoms. The first-order valence-corrected chi connectivity index (χ1v) is 4.97. The molecule has 94 valence electrons. The summed E-state index contributed by atoms with van der Waals surface area (Å²) in [6, 6.07) is 4.28. The van der Waals surface area contributed by atoms with Gasteiger partial charge in [-0.1, -0.05) is 6.07 Å². The minimum Gasteiger partial charge on any atom is -0.484 e. The maximum absolute atomic E-state index is 10.7. The fourth-order valence-corrected chi connectivity index (χ4v) is 1.19. The molecular weight excluding hydrogens is 228 g/mol. The van der Waals surface area contributed by atoms with Gasteiger partial charge in [0.1, 0.15) is 12.7 Å². The molecule has 0 aliphatic heterocycles. The van der Waals surface area contributed by atoms with Gasteiger partial charge >= 0.3 is 5.69 Å². The zero-order valence-electron chi connectivity index (χ0n) is 9.07. The van der Waals surface area contributed by atoms with Crippen LogP contribution in [0.1, 0.15) is 5.56 Å². The number of ether oxygens (including phenoxy) is 1. The van der Waals surface area contributed by atoms with Crippen LogP contribution in [0.2, 0.25) is 0 Å². The van der Waals surface area contributed by atoms with Crippen LogP contribution in [0.3, 0.4) is 0 Å². The third kappa shape index (κ3) is 3.66. The number of benzene rings is 1. The highest BCUT2D eigenvalue weighted by atomic mass is 16.6. The molecule has 0 spiro atoms. The molecule has 0 aliphatic rings. The summed E-state index contributed by atoms with van der Waals surface area (Å²) in [6.45, 7) is -0.452. The highest BCUT2D eigenvalue weighted by Crippen LogP contribution is 2.27. The van der Waals surface area contributed by atoms with E-state index in [0.717, 1.165) is 0 Å². The predicted octanol–water partition coefficient (Wildman–Crippen LogP) is -0.215. The molecule has 1 rings (SSSR count). The first kappa shape index (κ1) is 13.4. The molecule has 7 heteroatoms. The Morgan fingerprint density at radius 3 is 2.76 bits per heavy atom. The molecular formula is C10H14N2O5. The Balaban J connectivity index is 2.89. The Morgan fingerprint density at radius 1 is 1.53 bits per heavy atom. The van der Waals surface area contributed by atoms with Crippen molar-refractivity contribution in [2.75, 3.05) is 13.2 Å². The van der Waals surface area contributed by atoms with Crippen LogP contribution in [0.15, 0.2) is 18.2 Å². The van der Waals surface area contributed by atoms with Gasteiger partial charge in [-0.25, -0.2) is 0 Å². The third-order valence-corrected chi connectivity index (χ3v) is 2.10. The number of hydrogen-bond acceptors (Lipinski definition) is 6. The molecule has 17 heavy (non-hydrogen) atoms. The minimum absolute atomic E-state index is 0.0328. The monoisotopic (exact) mass is 242 g/mol. The molecule has 0 aromatic heterocycles. The van der Waals surface area contributed by atoms with Crippen molar-refractivity contribution < 1.29 is 19.9 Å². The van der Waals surface area contributed by atoms with Gasteiger partial charge in [0, 0.05) is 12.6 Å². The number of nitrogens with zero attached hydrogens (tertiary/aromatic N) is 1. The van der Waals surface area contributed by atoms with Crippen LogP contribution >= 0.6 is 0 Å². The van der Waals surface area contributed by atoms with Crippen molar-refractivity contribution in [1.82, 2.24) is 0 Å². The van der Waals surface area contributed by atoms with Crippen molar-refractivity contribution >= 4 is 5.69 Å². The Hall–Kier alpha value is -1.70. The lowest BCUT2D eigenvalue weighted by Crippen LogP contribution is -2.21. The van der Waals surface area contributed by atoms with Gasteiger partial charge in [-0.15, -0.1) is 0 Å². The number of nitrogens with two attached hydrogens (primary N) is 1. The summed E-state index contributed by atoms with van der Waals surface area (Å²) >= 11 is 0. The molecule has 1 atom stereocenters. The molecule has 1 aromatic rings. The molecule has 0 saturated heterocycles. The van der Waals surface area contributed by atoms with Crippen molar-refractivity contribution in [2.45, 2.75) is 12.6 Å². The summed E-state index contributed by atoms with van der Waals surface area (Å²) in [5, 5.41) is 28.4. The Kier molecular flexibility index (Phi) is 4.83. The molecule has 0 aliphatic carbocycles. The summed E-state index contributed by atoms with van der Waals surface area (Å²) in [6.07, 6.45) is -1.07. The number of nitro benzene ring substituents is 1. The largest absolute Gasteiger partial charge is 0.484 e. The van der Waals surface area contributed by atoms with E-state index >= 15 is 0 Å². The van der Waals surface area contributed by atoms with Crippen molar-refractivity contribution in [3.05, 3.63) is 33.9 Å². The van der Waals surface area contributed by atoms with Crippen LogP contribution in [0.25, 0.3) is 0 Å². The second-order valence-corrected chi connectivity index (χ2v) is 3.41. The van der Waals surface area contributed by atoms with E-state index in [2.05, 4.69) is 0 Å². The van der Waals surface area contributed by atoms with Crippen LogP contribution in [0.5, 0.6) is 5.75 Å². The van der Waals surface area contributed by atoms with E-state index in [1.807, 2.05) is 0 Å². The van der Waals surface area contributed by atoms with Gasteiger partial charge in [-0.05, 0) is 11.6 Å². The van der Waals surface area contributed by atoms with Gasteiger partial charge in [0.25, 0.3) is 0 Å². The first-order chi connectivity index (χ1) is 8.08. The fraction of sp³-hybridized carbons (Fsp3) is 0.400. The number of rotatable bonds is 6. The fourth-order valence-electron chi connectivity index (χ4n) is 1.19. The minimum atomic E-state index is -1.07. The van der Waals surface area contributed by atoms with Gasteiger partial charge in [-0.2, -0.15) is 0 Å². The van der Waals surface area contributed by atoms with Crippen LogP contribution in [0.4, 0.5) is 5.69 Å². The Bertz CT molecular complexity index is 396. The SMILES string of the molecule is NCc1ccc([N+](=O)[O-])c(OCC(O)CO)c1. The van der Waals surface area contributed by atoms with E-state index in [1.165, 1.54) is 18.2 Å². The van der Waals surface area contributed by atoms with Gasteiger partial charge in [-0.3, -0.25) is 10.1 Å². The van der Waals surface area contributed by atoms with Crippen molar-refractivity contribution in [3.8, 4) is 5.75 Å². The van der Waals surface area contributed by atoms with E-state index in [9.17, 15) is 10.1 Å². The molecule has 7 nitrogen and oxygen atoms in total. The number of nitro groups is 1. The highest BCUT2D eigenvalue weighted by molar-refractivity contribution is 5.48. The second-order valence-electron chi connectivity index (χ2n) is 3.41. The molecule has 4 N–H and O–H groups in total. The Morgan fingerprint density at radius 2 is 2.24 bits per heavy atom. The molecule has 0 saturated carbocycles. The number of aliphatic hydroxyl groups is 2. The quantitative estimate of drug-likeness (QED) is 0.469. The average Bonchev–Trinajstić information content (AvgIpc) is 2.35. The normalized spacial score (nSPS) is 12.2. The first-order valence-electron chi connectivity index (χ1n) is 4.97. The van der Waals surface area contributed by atoms with Crippen molar-refractivity contribution in [3.63, 3.8) is 0 Å². The summed E-state index contributed by atoms with van der Waals surface area (Å²) < 4.78 is 5.09. The van der Waals surface area contributed by atoms with E-state index in [4.69, 9.17) is 20.7 Å². The molecule has 0 fully saturated rings. The van der Waals surface area contributed by atoms with Gasteiger partial charge < -0.3 is 20.7 Å². The van der Waals surface area contributed by atoms with E-state index < -0.39 is 17.6 Å². The lowest BCUT2D eigenvalue weighted by atomic mass is 10.2. The topological polar surface area (TPSA) is 119 Å². The van der Waals surface area contributed by atoms with Gasteiger partial charge in [0.15, 0.2) is 5.75 Å². The number of hydrogen-bond donors (Lipinski definition) is 3. The maximum atomic E-state index is 10.7. The number of aliphatic hydroxyl groups excluding tert-OH is 2. The molecule has 1 aromatic carbocycles. The Labute approximate surface area is 97.6 Å². The van der Waals surface area contributed by atoms with E-state index in [0.29, 0.717) is 5.56 Å². The second kappa shape index (κ2) is 6.14. The van der Waals surface area contributed by atoms with Crippen LogP contribution in [-0.4, -0.2) is 34.5 Å². The summed E-state index contributed by atoms with van der Waals surface area (Å²) in [5.41, 5.74) is 5.90. The van der Waals surface area contributed by atoms with Gasteiger partial charge in [0.05, 0.1) is 11.5 Å². The average molecular weight is 242 g/mol. The van der Waals surface area contributed by atoms with Gasteiger partial charge in [0.2, 0.25) is 0 Å². The molecule has 0 radical (unpaired) electrons. The lowest BCUT2D eigenvalue weighted by molar-refractivity contribution is -0.385. The van der Waals surface area contributed by atoms with Crippen LogP contribution in [-0.2, 0) is 6.54 Å². The van der Waals surface area contributed by atoms with Crippen LogP contribution < -0.4 is 10.5 Å². The maximum Gasteiger partial charge on any atom is 0.310 e. The smallest absolute Gasteiger partial charge is 0.310 e. The zero-order valence-corrected chi connectivity index (χ0v) is 9.07. The standard InChI is InChI=1S/C10H14N2O5/c11-4-7-1-2-9(12(15)16)10(3-7)17-6-8(14)5-13/h1-3,8,13-14H,4-6,11H2. The van der Waals surface area contributed by atoms with Crippen molar-refractivity contribution in [1.29, 1.82) is 0 Å². The highest BCUT2D eigenvalue weighted by Gasteiger charge is 2.16. The molecule has 0 heterocycles. The summed E-state index contributed by atoms with van der Waals surface area (Å²) in [5.74, 6) is 0.0328. The zero-order chi connectivity index (χ0) is 12.8. The predicted molar refractivity (Wildman–Crippen MR) is 59.6 cm³/mol. The third-order valence-electron chi connectivity index (χ3n) is 2.10. The summed E-state index contributed by atoms with van der Waals surface area (Å²) in [7, 11) is 0. The summed E-state index contributed by atoms with van der Waals surface area (Å²) in [4.78, 5) is 10.1. The van der Waals surface area contributed by atoms with Crippen molar-refractivity contribution in [2.24, 2.45) is 5.73 Å². The molecule has 1 unspecified atom stereocenters. The lowest BCUT2D eigenvalue weighted by Gasteiger charge is -2.10. The van der Waals surface area contributed by atoms with E-state index in [-0.39, 0.29) is 24.6 Å². The molecule has 0 amide bonds. The van der Waals surface area contributed by atoms with Crippen LogP contribution in [0, 0.1) is 10.1 Å². The van der Waals surface area contributed by atoms with E-state index in [1.54, 1.807) is 0 Å².